The molecule has 0 amide bonds. The Labute approximate surface area is 164 Å². The molecule has 0 aromatic heterocycles. The average Bonchev–Trinajstić information content (AvgIpc) is 2.79. The van der Waals surface area contributed by atoms with E-state index in [0.29, 0.717) is 12.8 Å². The summed E-state index contributed by atoms with van der Waals surface area (Å²) in [7, 11) is 2.79. The van der Waals surface area contributed by atoms with E-state index in [0.717, 1.165) is 5.57 Å². The smallest absolute Gasteiger partial charge is 0.318 e. The minimum Gasteiger partial charge on any atom is -0.469 e. The van der Waals surface area contributed by atoms with E-state index in [2.05, 4.69) is 6.58 Å². The highest BCUT2D eigenvalue weighted by atomic mass is 16.7. The van der Waals surface area contributed by atoms with Crippen molar-refractivity contribution in [1.29, 1.82) is 0 Å². The molecular formula is C22H26O6. The van der Waals surface area contributed by atoms with Gasteiger partial charge in [0.15, 0.2) is 0 Å². The molecule has 0 aromatic rings. The number of fused-ring (bicyclic) bond motifs is 1. The van der Waals surface area contributed by atoms with Crippen molar-refractivity contribution in [2.24, 2.45) is 34.0 Å². The topological polar surface area (TPSA) is 78.9 Å². The average molecular weight is 386 g/mol. The van der Waals surface area contributed by atoms with Crippen molar-refractivity contribution in [3.63, 3.8) is 0 Å². The number of ketones is 1. The van der Waals surface area contributed by atoms with Gasteiger partial charge < -0.3 is 14.2 Å². The van der Waals surface area contributed by atoms with Crippen molar-refractivity contribution >= 4 is 17.7 Å². The number of rotatable bonds is 3. The van der Waals surface area contributed by atoms with E-state index >= 15 is 0 Å². The molecule has 2 saturated carbocycles. The first-order chi connectivity index (χ1) is 13.2. The fourth-order valence-corrected chi connectivity index (χ4v) is 6.51. The van der Waals surface area contributed by atoms with Gasteiger partial charge in [0.05, 0.1) is 31.5 Å². The standard InChI is InChI=1S/C22H26O6/c1-6-20(2)8-7-15-21(3,19(25)27-5)13-9-12-10-16(26-4)28-18(24)17(20)22(12,15)11-14(13)23/h6,9-10,13,15,17H,1,7-8,11H2,2-5H3/t13-,15+,17+,20-,21-,22+/m1/s1. The molecule has 2 bridgehead atoms. The van der Waals surface area contributed by atoms with Gasteiger partial charge >= 0.3 is 11.9 Å². The number of cyclic esters (lactones) is 1. The molecule has 0 N–H and O–H groups in total. The lowest BCUT2D eigenvalue weighted by molar-refractivity contribution is -0.194. The van der Waals surface area contributed by atoms with Crippen LogP contribution in [0.3, 0.4) is 0 Å². The van der Waals surface area contributed by atoms with E-state index in [-0.39, 0.29) is 24.1 Å². The van der Waals surface area contributed by atoms with E-state index < -0.39 is 40.0 Å². The predicted molar refractivity (Wildman–Crippen MR) is 99.5 cm³/mol. The van der Waals surface area contributed by atoms with E-state index in [1.165, 1.54) is 14.2 Å². The molecule has 6 atom stereocenters. The number of carbonyl (C=O) groups excluding carboxylic acids is 3. The van der Waals surface area contributed by atoms with Crippen molar-refractivity contribution in [2.75, 3.05) is 14.2 Å². The Hall–Kier alpha value is -2.37. The Balaban J connectivity index is 2.05. The molecule has 2 fully saturated rings. The highest BCUT2D eigenvalue weighted by molar-refractivity contribution is 5.96. The Morgan fingerprint density at radius 3 is 2.64 bits per heavy atom. The first kappa shape index (κ1) is 19.0. The van der Waals surface area contributed by atoms with Crippen LogP contribution in [0.25, 0.3) is 0 Å². The fourth-order valence-electron chi connectivity index (χ4n) is 6.51. The summed E-state index contributed by atoms with van der Waals surface area (Å²) in [5.41, 5.74) is -1.57. The van der Waals surface area contributed by atoms with Gasteiger partial charge in [-0.05, 0) is 36.7 Å². The van der Waals surface area contributed by atoms with Gasteiger partial charge in [-0.2, -0.15) is 0 Å². The molecule has 0 radical (unpaired) electrons. The van der Waals surface area contributed by atoms with Gasteiger partial charge in [0, 0.05) is 17.9 Å². The number of esters is 2. The summed E-state index contributed by atoms with van der Waals surface area (Å²) in [5, 5.41) is 0. The van der Waals surface area contributed by atoms with Crippen molar-refractivity contribution in [2.45, 2.75) is 33.1 Å². The second kappa shape index (κ2) is 5.82. The lowest BCUT2D eigenvalue weighted by Crippen LogP contribution is -2.67. The van der Waals surface area contributed by atoms with Crippen molar-refractivity contribution in [3.8, 4) is 0 Å². The molecule has 5 rings (SSSR count). The van der Waals surface area contributed by atoms with Crippen LogP contribution in [0.2, 0.25) is 0 Å². The van der Waals surface area contributed by atoms with E-state index in [1.807, 2.05) is 19.9 Å². The third kappa shape index (κ3) is 2.01. The molecular weight excluding hydrogens is 360 g/mol. The van der Waals surface area contributed by atoms with Crippen LogP contribution in [0.1, 0.15) is 33.1 Å². The summed E-state index contributed by atoms with van der Waals surface area (Å²) in [6, 6.07) is 0. The fraction of sp³-hybridized carbons (Fsp3) is 0.591. The van der Waals surface area contributed by atoms with Crippen LogP contribution < -0.4 is 0 Å². The van der Waals surface area contributed by atoms with Crippen molar-refractivity contribution < 1.29 is 28.6 Å². The van der Waals surface area contributed by atoms with E-state index in [4.69, 9.17) is 14.2 Å². The van der Waals surface area contributed by atoms with Gasteiger partial charge in [0.25, 0.3) is 5.95 Å². The zero-order chi connectivity index (χ0) is 20.5. The van der Waals surface area contributed by atoms with Crippen LogP contribution in [0.15, 0.2) is 36.3 Å². The summed E-state index contributed by atoms with van der Waals surface area (Å²) in [6.45, 7) is 7.77. The molecule has 6 nitrogen and oxygen atoms in total. The van der Waals surface area contributed by atoms with Crippen LogP contribution in [0, 0.1) is 34.0 Å². The van der Waals surface area contributed by atoms with E-state index in [1.54, 1.807) is 12.2 Å². The highest BCUT2D eigenvalue weighted by Crippen LogP contribution is 2.71. The maximum absolute atomic E-state index is 13.3. The number of allylic oxidation sites excluding steroid dienone is 4. The summed E-state index contributed by atoms with van der Waals surface area (Å²) >= 11 is 0. The van der Waals surface area contributed by atoms with Gasteiger partial charge in [0.2, 0.25) is 0 Å². The largest absolute Gasteiger partial charge is 0.469 e. The predicted octanol–water partition coefficient (Wildman–Crippen LogP) is 2.94. The minimum absolute atomic E-state index is 0.0340. The number of hydrogen-bond donors (Lipinski definition) is 0. The van der Waals surface area contributed by atoms with Gasteiger partial charge in [-0.15, -0.1) is 6.58 Å². The first-order valence-corrected chi connectivity index (χ1v) is 9.63. The third-order valence-electron chi connectivity index (χ3n) is 7.84. The van der Waals surface area contributed by atoms with Crippen LogP contribution in [0.4, 0.5) is 0 Å². The summed E-state index contributed by atoms with van der Waals surface area (Å²) in [4.78, 5) is 39.4. The normalized spacial score (nSPS) is 43.8. The van der Waals surface area contributed by atoms with Crippen molar-refractivity contribution in [3.05, 3.63) is 36.3 Å². The number of ether oxygens (including phenoxy) is 3. The summed E-state index contributed by atoms with van der Waals surface area (Å²) in [6.07, 6.45) is 6.91. The Bertz CT molecular complexity index is 853. The molecule has 0 aromatic carbocycles. The Morgan fingerprint density at radius 2 is 2.04 bits per heavy atom. The molecule has 1 aliphatic heterocycles. The maximum atomic E-state index is 13.3. The molecule has 4 aliphatic carbocycles. The lowest BCUT2D eigenvalue weighted by atomic mass is 9.36. The van der Waals surface area contributed by atoms with Crippen LogP contribution >= 0.6 is 0 Å². The van der Waals surface area contributed by atoms with Gasteiger partial charge in [-0.25, -0.2) is 0 Å². The third-order valence-corrected chi connectivity index (χ3v) is 7.84. The van der Waals surface area contributed by atoms with Gasteiger partial charge in [-0.3, -0.25) is 14.4 Å². The summed E-state index contributed by atoms with van der Waals surface area (Å²) in [5.74, 6) is -2.20. The maximum Gasteiger partial charge on any atom is 0.318 e. The van der Waals surface area contributed by atoms with Crippen molar-refractivity contribution in [1.82, 2.24) is 0 Å². The van der Waals surface area contributed by atoms with Crippen LogP contribution in [0.5, 0.6) is 0 Å². The van der Waals surface area contributed by atoms with Crippen LogP contribution in [-0.2, 0) is 28.6 Å². The SMILES string of the molecule is C=C[C@]1(C)CC[C@H]2[C@](C)(C(=O)OC)[C@@H]3C=C4C=C(OC)OC(=O)[C@@H]1[C@@]42CC3=O. The van der Waals surface area contributed by atoms with E-state index in [9.17, 15) is 14.4 Å². The number of methoxy groups -OCH3 is 2. The van der Waals surface area contributed by atoms with Gasteiger partial charge in [0.1, 0.15) is 5.78 Å². The number of carbonyl (C=O) groups is 3. The molecule has 1 heterocycles. The first-order valence-electron chi connectivity index (χ1n) is 9.63. The second-order valence-corrected chi connectivity index (χ2v) is 8.88. The highest BCUT2D eigenvalue weighted by Gasteiger charge is 2.73. The molecule has 6 heteroatoms. The monoisotopic (exact) mass is 386 g/mol. The summed E-state index contributed by atoms with van der Waals surface area (Å²) < 4.78 is 16.0. The molecule has 150 valence electrons. The van der Waals surface area contributed by atoms with Gasteiger partial charge in [-0.1, -0.05) is 19.1 Å². The molecule has 5 aliphatic rings. The Kier molecular flexibility index (Phi) is 3.94. The number of Topliss-reactive ketones (excluding diaryl/α,β-unsaturated/α-hetero) is 1. The molecule has 1 spiro atoms. The second-order valence-electron chi connectivity index (χ2n) is 8.88. The Morgan fingerprint density at radius 1 is 1.32 bits per heavy atom. The lowest BCUT2D eigenvalue weighted by Gasteiger charge is -2.65. The molecule has 28 heavy (non-hydrogen) atoms. The molecule has 0 saturated heterocycles. The zero-order valence-corrected chi connectivity index (χ0v) is 16.7. The van der Waals surface area contributed by atoms with Crippen LogP contribution in [-0.4, -0.2) is 31.9 Å². The zero-order valence-electron chi connectivity index (χ0n) is 16.7. The minimum atomic E-state index is -1.01. The quantitative estimate of drug-likeness (QED) is 0.548. The molecule has 0 unspecified atom stereocenters. The number of hydrogen-bond acceptors (Lipinski definition) is 6.